The molecule has 0 saturated carbocycles. The van der Waals surface area contributed by atoms with Gasteiger partial charge in [-0.25, -0.2) is 4.79 Å². The van der Waals surface area contributed by atoms with Gasteiger partial charge in [0.15, 0.2) is 5.75 Å². The lowest BCUT2D eigenvalue weighted by molar-refractivity contribution is 0.110. The fourth-order valence-electron chi connectivity index (χ4n) is 1.72. The Morgan fingerprint density at radius 2 is 2.14 bits per heavy atom. The van der Waals surface area contributed by atoms with E-state index in [1.165, 1.54) is 0 Å². The normalized spacial score (nSPS) is 11.8. The minimum Gasteiger partial charge on any atom is -0.487 e. The lowest BCUT2D eigenvalue weighted by Gasteiger charge is -2.17. The maximum atomic E-state index is 11.9. The highest BCUT2D eigenvalue weighted by molar-refractivity contribution is 6.32. The van der Waals surface area contributed by atoms with Gasteiger partial charge in [-0.1, -0.05) is 24.6 Å². The summed E-state index contributed by atoms with van der Waals surface area (Å²) in [5.41, 5.74) is 0.467. The average Bonchev–Trinajstić information content (AvgIpc) is 2.51. The fraction of sp³-hybridized carbons (Fsp3) is 0.533. The Hall–Kier alpha value is -1.50. The summed E-state index contributed by atoms with van der Waals surface area (Å²) < 4.78 is 10.8. The SMILES string of the molecule is CCOCCOc1c(Cl)cccc1NC(=O)NC(CC)CO. The zero-order chi connectivity index (χ0) is 16.4. The van der Waals surface area contributed by atoms with Crippen LogP contribution >= 0.6 is 11.6 Å². The predicted molar refractivity (Wildman–Crippen MR) is 86.8 cm³/mol. The number of aliphatic hydroxyl groups is 1. The molecule has 0 aliphatic rings. The summed E-state index contributed by atoms with van der Waals surface area (Å²) in [6, 6.07) is 4.39. The predicted octanol–water partition coefficient (Wildman–Crippen LogP) is 2.65. The highest BCUT2D eigenvalue weighted by Crippen LogP contribution is 2.32. The third-order valence-electron chi connectivity index (χ3n) is 2.94. The molecule has 0 radical (unpaired) electrons. The first-order chi connectivity index (χ1) is 10.6. The molecule has 1 atom stereocenters. The van der Waals surface area contributed by atoms with E-state index in [0.29, 0.717) is 42.7 Å². The smallest absolute Gasteiger partial charge is 0.319 e. The van der Waals surface area contributed by atoms with Crippen LogP contribution in [0.2, 0.25) is 5.02 Å². The maximum Gasteiger partial charge on any atom is 0.319 e. The summed E-state index contributed by atoms with van der Waals surface area (Å²) in [6.07, 6.45) is 0.636. The van der Waals surface area contributed by atoms with Crippen LogP contribution in [-0.4, -0.2) is 43.6 Å². The minimum absolute atomic E-state index is 0.114. The molecular formula is C15H23ClN2O4. The van der Waals surface area contributed by atoms with Crippen molar-refractivity contribution in [3.63, 3.8) is 0 Å². The number of benzene rings is 1. The second-order valence-electron chi connectivity index (χ2n) is 4.55. The molecule has 0 aliphatic carbocycles. The first kappa shape index (κ1) is 18.5. The van der Waals surface area contributed by atoms with Gasteiger partial charge in [0.1, 0.15) is 6.61 Å². The molecule has 3 N–H and O–H groups in total. The number of carbonyl (C=O) groups is 1. The van der Waals surface area contributed by atoms with E-state index < -0.39 is 6.03 Å². The zero-order valence-corrected chi connectivity index (χ0v) is 13.7. The van der Waals surface area contributed by atoms with Crippen LogP contribution in [0.3, 0.4) is 0 Å². The van der Waals surface area contributed by atoms with Crippen LogP contribution in [0.1, 0.15) is 20.3 Å². The number of para-hydroxylation sites is 1. The fourth-order valence-corrected chi connectivity index (χ4v) is 1.95. The number of urea groups is 1. The van der Waals surface area contributed by atoms with Crippen LogP contribution in [0.15, 0.2) is 18.2 Å². The Kier molecular flexibility index (Phi) is 8.65. The number of hydrogen-bond acceptors (Lipinski definition) is 4. The molecule has 0 fully saturated rings. The summed E-state index contributed by atoms with van der Waals surface area (Å²) in [4.78, 5) is 11.9. The number of rotatable bonds is 9. The first-order valence-electron chi connectivity index (χ1n) is 7.29. The van der Waals surface area contributed by atoms with Gasteiger partial charge in [-0.05, 0) is 25.5 Å². The summed E-state index contributed by atoms with van der Waals surface area (Å²) in [6.45, 7) is 5.05. The second-order valence-corrected chi connectivity index (χ2v) is 4.96. The number of carbonyl (C=O) groups excluding carboxylic acids is 1. The van der Waals surface area contributed by atoms with Gasteiger partial charge in [0.25, 0.3) is 0 Å². The van der Waals surface area contributed by atoms with Crippen molar-refractivity contribution in [2.45, 2.75) is 26.3 Å². The van der Waals surface area contributed by atoms with Crippen LogP contribution < -0.4 is 15.4 Å². The van der Waals surface area contributed by atoms with E-state index in [4.69, 9.17) is 26.2 Å². The maximum absolute atomic E-state index is 11.9. The molecule has 7 heteroatoms. The first-order valence-corrected chi connectivity index (χ1v) is 7.67. The van der Waals surface area contributed by atoms with Crippen LogP contribution in [0.4, 0.5) is 10.5 Å². The van der Waals surface area contributed by atoms with Gasteiger partial charge in [0.05, 0.1) is 30.0 Å². The molecule has 0 bridgehead atoms. The van der Waals surface area contributed by atoms with Crippen LogP contribution in [0, 0.1) is 0 Å². The molecule has 0 spiro atoms. The standard InChI is InChI=1S/C15H23ClN2O4/c1-3-11(10-19)17-15(20)18-13-7-5-6-12(16)14(13)22-9-8-21-4-2/h5-7,11,19H,3-4,8-10H2,1-2H3,(H2,17,18,20). The third kappa shape index (κ3) is 6.09. The van der Waals surface area contributed by atoms with Gasteiger partial charge in [-0.15, -0.1) is 0 Å². The molecular weight excluding hydrogens is 308 g/mol. The third-order valence-corrected chi connectivity index (χ3v) is 3.24. The summed E-state index contributed by atoms with van der Waals surface area (Å²) in [5, 5.41) is 14.9. The van der Waals surface area contributed by atoms with Gasteiger partial charge in [0.2, 0.25) is 0 Å². The molecule has 124 valence electrons. The molecule has 22 heavy (non-hydrogen) atoms. The van der Waals surface area contributed by atoms with Gasteiger partial charge in [0, 0.05) is 6.61 Å². The highest BCUT2D eigenvalue weighted by atomic mass is 35.5. The largest absolute Gasteiger partial charge is 0.487 e. The Morgan fingerprint density at radius 3 is 2.77 bits per heavy atom. The van der Waals surface area contributed by atoms with E-state index in [2.05, 4.69) is 10.6 Å². The molecule has 1 aromatic carbocycles. The Balaban J connectivity index is 2.68. The molecule has 0 saturated heterocycles. The molecule has 1 unspecified atom stereocenters. The molecule has 6 nitrogen and oxygen atoms in total. The van der Waals surface area contributed by atoms with Crippen molar-refractivity contribution >= 4 is 23.3 Å². The van der Waals surface area contributed by atoms with Crippen molar-refractivity contribution in [1.82, 2.24) is 5.32 Å². The highest BCUT2D eigenvalue weighted by Gasteiger charge is 2.13. The summed E-state index contributed by atoms with van der Waals surface area (Å²) in [5.74, 6) is 0.399. The summed E-state index contributed by atoms with van der Waals surface area (Å²) in [7, 11) is 0. The van der Waals surface area contributed by atoms with Gasteiger partial charge < -0.3 is 25.2 Å². The van der Waals surface area contributed by atoms with E-state index in [9.17, 15) is 4.79 Å². The van der Waals surface area contributed by atoms with Crippen molar-refractivity contribution in [2.75, 3.05) is 31.7 Å². The number of aliphatic hydroxyl groups excluding tert-OH is 1. The van der Waals surface area contributed by atoms with E-state index in [0.717, 1.165) is 0 Å². The van der Waals surface area contributed by atoms with Gasteiger partial charge in [-0.2, -0.15) is 0 Å². The summed E-state index contributed by atoms with van der Waals surface area (Å²) >= 11 is 6.11. The van der Waals surface area contributed by atoms with Crippen molar-refractivity contribution in [3.8, 4) is 5.75 Å². The lowest BCUT2D eigenvalue weighted by atomic mass is 10.2. The van der Waals surface area contributed by atoms with E-state index in [1.54, 1.807) is 18.2 Å². The molecule has 0 aromatic heterocycles. The molecule has 0 aliphatic heterocycles. The van der Waals surface area contributed by atoms with Crippen molar-refractivity contribution in [3.05, 3.63) is 23.2 Å². The number of hydrogen-bond donors (Lipinski definition) is 3. The van der Waals surface area contributed by atoms with Crippen molar-refractivity contribution in [2.24, 2.45) is 0 Å². The lowest BCUT2D eigenvalue weighted by Crippen LogP contribution is -2.39. The molecule has 2 amide bonds. The average molecular weight is 331 g/mol. The quantitative estimate of drug-likeness (QED) is 0.608. The number of halogens is 1. The van der Waals surface area contributed by atoms with Crippen LogP contribution in [-0.2, 0) is 4.74 Å². The number of anilines is 1. The Bertz CT molecular complexity index is 467. The van der Waals surface area contributed by atoms with Gasteiger partial charge in [-0.3, -0.25) is 0 Å². The molecule has 1 aromatic rings. The van der Waals surface area contributed by atoms with Crippen molar-refractivity contribution in [1.29, 1.82) is 0 Å². The van der Waals surface area contributed by atoms with Crippen LogP contribution in [0.5, 0.6) is 5.75 Å². The van der Waals surface area contributed by atoms with E-state index in [-0.39, 0.29) is 12.6 Å². The zero-order valence-electron chi connectivity index (χ0n) is 12.9. The molecule has 0 heterocycles. The van der Waals surface area contributed by atoms with E-state index in [1.807, 2.05) is 13.8 Å². The second kappa shape index (κ2) is 10.3. The van der Waals surface area contributed by atoms with E-state index >= 15 is 0 Å². The van der Waals surface area contributed by atoms with Crippen LogP contribution in [0.25, 0.3) is 0 Å². The van der Waals surface area contributed by atoms with Crippen molar-refractivity contribution < 1.29 is 19.4 Å². The topological polar surface area (TPSA) is 79.8 Å². The Labute approximate surface area is 135 Å². The monoisotopic (exact) mass is 330 g/mol. The Morgan fingerprint density at radius 1 is 1.36 bits per heavy atom. The van der Waals surface area contributed by atoms with Gasteiger partial charge >= 0.3 is 6.03 Å². The number of ether oxygens (including phenoxy) is 2. The number of nitrogens with one attached hydrogen (secondary N) is 2. The number of amides is 2. The molecule has 1 rings (SSSR count). The minimum atomic E-state index is -0.419.